The molecule has 0 aliphatic carbocycles. The number of aryl methyl sites for hydroxylation is 1. The SMILES string of the molecule is CCc1ccc(N2CCN(C(=O)Nc3ccc(C#N)cc3)CC2)cc1. The lowest BCUT2D eigenvalue weighted by atomic mass is 10.1. The van der Waals surface area contributed by atoms with Crippen molar-refractivity contribution in [1.82, 2.24) is 4.90 Å². The minimum Gasteiger partial charge on any atom is -0.368 e. The Labute approximate surface area is 148 Å². The fraction of sp³-hybridized carbons (Fsp3) is 0.300. The zero-order valence-electron chi connectivity index (χ0n) is 14.4. The number of hydrogen-bond acceptors (Lipinski definition) is 3. The Hall–Kier alpha value is -3.00. The lowest BCUT2D eigenvalue weighted by Gasteiger charge is -2.36. The maximum Gasteiger partial charge on any atom is 0.321 e. The Kier molecular flexibility index (Phi) is 5.20. The van der Waals surface area contributed by atoms with Crippen molar-refractivity contribution in [1.29, 1.82) is 5.26 Å². The molecule has 2 aromatic rings. The molecule has 0 aromatic heterocycles. The van der Waals surface area contributed by atoms with E-state index in [2.05, 4.69) is 47.5 Å². The van der Waals surface area contributed by atoms with Crippen LogP contribution in [0.3, 0.4) is 0 Å². The van der Waals surface area contributed by atoms with Crippen molar-refractivity contribution in [3.05, 3.63) is 59.7 Å². The van der Waals surface area contributed by atoms with Crippen LogP contribution in [0.15, 0.2) is 48.5 Å². The summed E-state index contributed by atoms with van der Waals surface area (Å²) in [5.41, 5.74) is 3.84. The van der Waals surface area contributed by atoms with Crippen LogP contribution in [-0.2, 0) is 6.42 Å². The lowest BCUT2D eigenvalue weighted by Crippen LogP contribution is -2.50. The van der Waals surface area contributed by atoms with E-state index < -0.39 is 0 Å². The largest absolute Gasteiger partial charge is 0.368 e. The molecule has 1 N–H and O–H groups in total. The van der Waals surface area contributed by atoms with Crippen LogP contribution in [0.1, 0.15) is 18.1 Å². The zero-order valence-corrected chi connectivity index (χ0v) is 14.4. The first-order valence-electron chi connectivity index (χ1n) is 8.59. The first kappa shape index (κ1) is 16.8. The maximum atomic E-state index is 12.4. The number of hydrogen-bond donors (Lipinski definition) is 1. The molecule has 0 bridgehead atoms. The van der Waals surface area contributed by atoms with Gasteiger partial charge in [0.2, 0.25) is 0 Å². The van der Waals surface area contributed by atoms with Gasteiger partial charge >= 0.3 is 6.03 Å². The van der Waals surface area contributed by atoms with E-state index >= 15 is 0 Å². The van der Waals surface area contributed by atoms with E-state index in [-0.39, 0.29) is 6.03 Å². The maximum absolute atomic E-state index is 12.4. The van der Waals surface area contributed by atoms with Gasteiger partial charge in [-0.3, -0.25) is 0 Å². The molecule has 128 valence electrons. The van der Waals surface area contributed by atoms with E-state index in [9.17, 15) is 4.79 Å². The van der Waals surface area contributed by atoms with Crippen molar-refractivity contribution in [3.8, 4) is 6.07 Å². The molecular weight excluding hydrogens is 312 g/mol. The summed E-state index contributed by atoms with van der Waals surface area (Å²) in [5, 5.41) is 11.7. The number of nitrogens with zero attached hydrogens (tertiary/aromatic N) is 3. The zero-order chi connectivity index (χ0) is 17.6. The van der Waals surface area contributed by atoms with Gasteiger partial charge in [0.05, 0.1) is 11.6 Å². The van der Waals surface area contributed by atoms with E-state index in [1.54, 1.807) is 24.3 Å². The van der Waals surface area contributed by atoms with Gasteiger partial charge in [0.1, 0.15) is 0 Å². The number of amides is 2. The summed E-state index contributed by atoms with van der Waals surface area (Å²) >= 11 is 0. The summed E-state index contributed by atoms with van der Waals surface area (Å²) < 4.78 is 0. The molecule has 0 radical (unpaired) electrons. The summed E-state index contributed by atoms with van der Waals surface area (Å²) in [6, 6.07) is 17.5. The predicted octanol–water partition coefficient (Wildman–Crippen LogP) is 3.47. The minimum atomic E-state index is -0.0920. The van der Waals surface area contributed by atoms with Gasteiger partial charge in [0.15, 0.2) is 0 Å². The number of carbonyl (C=O) groups is 1. The van der Waals surface area contributed by atoms with Gasteiger partial charge in [-0.1, -0.05) is 19.1 Å². The van der Waals surface area contributed by atoms with Gasteiger partial charge < -0.3 is 15.1 Å². The summed E-state index contributed by atoms with van der Waals surface area (Å²) in [4.78, 5) is 16.5. The summed E-state index contributed by atoms with van der Waals surface area (Å²) in [6.07, 6.45) is 1.05. The van der Waals surface area contributed by atoms with Gasteiger partial charge in [0, 0.05) is 37.6 Å². The van der Waals surface area contributed by atoms with Crippen LogP contribution in [0, 0.1) is 11.3 Å². The minimum absolute atomic E-state index is 0.0920. The van der Waals surface area contributed by atoms with Gasteiger partial charge in [-0.2, -0.15) is 5.26 Å². The molecule has 2 aromatic carbocycles. The number of benzene rings is 2. The molecule has 1 saturated heterocycles. The second-order valence-corrected chi connectivity index (χ2v) is 6.11. The molecule has 1 aliphatic heterocycles. The highest BCUT2D eigenvalue weighted by atomic mass is 16.2. The number of carbonyl (C=O) groups excluding carboxylic acids is 1. The third-order valence-corrected chi connectivity index (χ3v) is 4.54. The van der Waals surface area contributed by atoms with E-state index in [4.69, 9.17) is 5.26 Å². The highest BCUT2D eigenvalue weighted by molar-refractivity contribution is 5.89. The summed E-state index contributed by atoms with van der Waals surface area (Å²) in [6.45, 7) is 5.19. The van der Waals surface area contributed by atoms with Crippen LogP contribution < -0.4 is 10.2 Å². The Morgan fingerprint density at radius 2 is 1.68 bits per heavy atom. The molecule has 1 aliphatic rings. The van der Waals surface area contributed by atoms with Gasteiger partial charge in [-0.15, -0.1) is 0 Å². The second-order valence-electron chi connectivity index (χ2n) is 6.11. The quantitative estimate of drug-likeness (QED) is 0.935. The first-order valence-corrected chi connectivity index (χ1v) is 8.59. The van der Waals surface area contributed by atoms with E-state index in [0.717, 1.165) is 19.5 Å². The van der Waals surface area contributed by atoms with Crippen LogP contribution in [0.5, 0.6) is 0 Å². The fourth-order valence-corrected chi connectivity index (χ4v) is 2.94. The van der Waals surface area contributed by atoms with Crippen LogP contribution in [-0.4, -0.2) is 37.1 Å². The van der Waals surface area contributed by atoms with Crippen molar-refractivity contribution in [3.63, 3.8) is 0 Å². The van der Waals surface area contributed by atoms with Crippen LogP contribution >= 0.6 is 0 Å². The molecule has 2 amide bonds. The Bertz CT molecular complexity index is 754. The number of piperazine rings is 1. The Balaban J connectivity index is 1.53. The first-order chi connectivity index (χ1) is 12.2. The summed E-state index contributed by atoms with van der Waals surface area (Å²) in [7, 11) is 0. The Morgan fingerprint density at radius 3 is 2.24 bits per heavy atom. The molecule has 25 heavy (non-hydrogen) atoms. The molecule has 0 atom stereocenters. The van der Waals surface area contributed by atoms with Crippen molar-refractivity contribution in [2.24, 2.45) is 0 Å². The molecule has 3 rings (SSSR count). The van der Waals surface area contributed by atoms with E-state index in [1.165, 1.54) is 11.3 Å². The predicted molar refractivity (Wildman–Crippen MR) is 99.8 cm³/mol. The van der Waals surface area contributed by atoms with Gasteiger partial charge in [0.25, 0.3) is 0 Å². The number of nitrogens with one attached hydrogen (secondary N) is 1. The Morgan fingerprint density at radius 1 is 1.04 bits per heavy atom. The molecular formula is C20H22N4O. The molecule has 0 saturated carbocycles. The molecule has 5 heteroatoms. The smallest absolute Gasteiger partial charge is 0.321 e. The van der Waals surface area contributed by atoms with E-state index in [0.29, 0.717) is 24.3 Å². The van der Waals surface area contributed by atoms with Crippen LogP contribution in [0.25, 0.3) is 0 Å². The average molecular weight is 334 g/mol. The highest BCUT2D eigenvalue weighted by Gasteiger charge is 2.21. The van der Waals surface area contributed by atoms with Gasteiger partial charge in [-0.25, -0.2) is 4.79 Å². The van der Waals surface area contributed by atoms with E-state index in [1.807, 2.05) is 4.90 Å². The van der Waals surface area contributed by atoms with Crippen LogP contribution in [0.4, 0.5) is 16.2 Å². The van der Waals surface area contributed by atoms with Gasteiger partial charge in [-0.05, 0) is 48.4 Å². The summed E-state index contributed by atoms with van der Waals surface area (Å²) in [5.74, 6) is 0. The van der Waals surface area contributed by atoms with Crippen LogP contribution in [0.2, 0.25) is 0 Å². The van der Waals surface area contributed by atoms with Crippen molar-refractivity contribution in [2.75, 3.05) is 36.4 Å². The molecule has 0 spiro atoms. The normalized spacial score (nSPS) is 14.1. The monoisotopic (exact) mass is 334 g/mol. The standard InChI is InChI=1S/C20H22N4O/c1-2-16-5-9-19(10-6-16)23-11-13-24(14-12-23)20(25)22-18-7-3-17(15-21)4-8-18/h3-10H,2,11-14H2,1H3,(H,22,25). The number of anilines is 2. The number of nitriles is 1. The molecule has 1 heterocycles. The molecule has 1 fully saturated rings. The van der Waals surface area contributed by atoms with Crippen molar-refractivity contribution in [2.45, 2.75) is 13.3 Å². The van der Waals surface area contributed by atoms with Crippen molar-refractivity contribution >= 4 is 17.4 Å². The molecule has 0 unspecified atom stereocenters. The lowest BCUT2D eigenvalue weighted by molar-refractivity contribution is 0.208. The third-order valence-electron chi connectivity index (χ3n) is 4.54. The van der Waals surface area contributed by atoms with Crippen molar-refractivity contribution < 1.29 is 4.79 Å². The highest BCUT2D eigenvalue weighted by Crippen LogP contribution is 2.18. The molecule has 5 nitrogen and oxygen atoms in total. The third kappa shape index (κ3) is 4.10. The fourth-order valence-electron chi connectivity index (χ4n) is 2.94. The average Bonchev–Trinajstić information content (AvgIpc) is 2.69. The number of urea groups is 1. The second kappa shape index (κ2) is 7.71. The number of rotatable bonds is 3. The topological polar surface area (TPSA) is 59.4 Å².